The zero-order valence-corrected chi connectivity index (χ0v) is 19.1. The van der Waals surface area contributed by atoms with Gasteiger partial charge in [0.15, 0.2) is 11.6 Å². The Balaban J connectivity index is 1.58. The van der Waals surface area contributed by atoms with E-state index in [-0.39, 0.29) is 23.3 Å². The first-order chi connectivity index (χ1) is 15.9. The molecule has 0 aliphatic carbocycles. The molecule has 166 valence electrons. The summed E-state index contributed by atoms with van der Waals surface area (Å²) in [5.41, 5.74) is 3.84. The summed E-state index contributed by atoms with van der Waals surface area (Å²) in [6, 6.07) is 18.8. The van der Waals surface area contributed by atoms with E-state index in [1.165, 1.54) is 30.8 Å². The number of nitrogens with one attached hydrogen (secondary N) is 1. The number of benzene rings is 3. The summed E-state index contributed by atoms with van der Waals surface area (Å²) < 4.78 is 13.4. The van der Waals surface area contributed by atoms with Crippen LogP contribution in [-0.4, -0.2) is 27.4 Å². The van der Waals surface area contributed by atoms with Crippen molar-refractivity contribution in [3.05, 3.63) is 83.7 Å². The molecule has 0 fully saturated rings. The molecular formula is C26H22FN3O2S. The predicted octanol–water partition coefficient (Wildman–Crippen LogP) is 5.93. The number of fused-ring (bicyclic) bond motifs is 1. The molecule has 0 atom stereocenters. The van der Waals surface area contributed by atoms with Crippen LogP contribution in [0.3, 0.4) is 0 Å². The second-order valence-corrected chi connectivity index (χ2v) is 8.50. The van der Waals surface area contributed by atoms with Gasteiger partial charge >= 0.3 is 0 Å². The minimum Gasteiger partial charge on any atom is -0.325 e. The van der Waals surface area contributed by atoms with Gasteiger partial charge in [-0.05, 0) is 79.6 Å². The molecule has 33 heavy (non-hydrogen) atoms. The van der Waals surface area contributed by atoms with E-state index in [0.29, 0.717) is 27.7 Å². The maximum absolute atomic E-state index is 13.4. The van der Waals surface area contributed by atoms with Crippen molar-refractivity contribution >= 4 is 40.0 Å². The van der Waals surface area contributed by atoms with E-state index in [0.717, 1.165) is 22.9 Å². The summed E-state index contributed by atoms with van der Waals surface area (Å²) in [4.78, 5) is 33.3. The molecular weight excluding hydrogens is 437 g/mol. The van der Waals surface area contributed by atoms with Crippen LogP contribution in [0.1, 0.15) is 29.8 Å². The number of Topliss-reactive ketones (excluding diaryl/α,β-unsaturated/α-hetero) is 1. The maximum Gasteiger partial charge on any atom is 0.234 e. The van der Waals surface area contributed by atoms with Gasteiger partial charge in [-0.25, -0.2) is 14.4 Å². The minimum absolute atomic E-state index is 0.0255. The zero-order chi connectivity index (χ0) is 23.4. The van der Waals surface area contributed by atoms with Gasteiger partial charge in [-0.3, -0.25) is 9.59 Å². The fourth-order valence-corrected chi connectivity index (χ4v) is 4.13. The summed E-state index contributed by atoms with van der Waals surface area (Å²) >= 11 is 1.33. The maximum atomic E-state index is 13.4. The van der Waals surface area contributed by atoms with Crippen LogP contribution in [0, 0.1) is 5.82 Å². The normalized spacial score (nSPS) is 10.9. The SMILES string of the molecule is CCc1ccc2nc(-c3ccc(F)cc3)nc(SCC(=O)Nc3ccc(C(C)=O)cc3)c2c1. The number of nitrogens with zero attached hydrogens (tertiary/aromatic N) is 2. The number of ketones is 1. The number of aryl methyl sites for hydroxylation is 1. The molecule has 3 aromatic carbocycles. The molecule has 0 spiro atoms. The van der Waals surface area contributed by atoms with Crippen molar-refractivity contribution in [2.45, 2.75) is 25.3 Å². The largest absolute Gasteiger partial charge is 0.325 e. The standard InChI is InChI=1S/C26H22FN3O2S/c1-3-17-4-13-23-22(14-17)26(30-25(29-23)19-5-9-20(27)10-6-19)33-15-24(32)28-21-11-7-18(8-12-21)16(2)31/h4-14H,3,15H2,1-2H3,(H,28,32). The molecule has 0 bridgehead atoms. The topological polar surface area (TPSA) is 72.0 Å². The molecule has 7 heteroatoms. The first kappa shape index (κ1) is 22.6. The molecule has 0 radical (unpaired) electrons. The van der Waals surface area contributed by atoms with Gasteiger partial charge in [0.1, 0.15) is 10.8 Å². The molecule has 0 aliphatic heterocycles. The van der Waals surface area contributed by atoms with Crippen LogP contribution >= 0.6 is 11.8 Å². The molecule has 0 saturated heterocycles. The number of hydrogen-bond acceptors (Lipinski definition) is 5. The van der Waals surface area contributed by atoms with Gasteiger partial charge in [0.05, 0.1) is 11.3 Å². The number of rotatable bonds is 7. The Morgan fingerprint density at radius 1 is 0.970 bits per heavy atom. The van der Waals surface area contributed by atoms with Crippen molar-refractivity contribution in [1.29, 1.82) is 0 Å². The van der Waals surface area contributed by atoms with Gasteiger partial charge in [0.25, 0.3) is 0 Å². The van der Waals surface area contributed by atoms with Crippen molar-refractivity contribution in [3.63, 3.8) is 0 Å². The van der Waals surface area contributed by atoms with Crippen LogP contribution in [0.2, 0.25) is 0 Å². The summed E-state index contributed by atoms with van der Waals surface area (Å²) in [5, 5.41) is 4.42. The Morgan fingerprint density at radius 3 is 2.36 bits per heavy atom. The lowest BCUT2D eigenvalue weighted by Crippen LogP contribution is -2.14. The third-order valence-corrected chi connectivity index (χ3v) is 6.14. The molecule has 5 nitrogen and oxygen atoms in total. The number of anilines is 1. The van der Waals surface area contributed by atoms with Crippen LogP contribution in [0.25, 0.3) is 22.3 Å². The number of aromatic nitrogens is 2. The molecule has 1 N–H and O–H groups in total. The average Bonchev–Trinajstić information content (AvgIpc) is 2.82. The zero-order valence-electron chi connectivity index (χ0n) is 18.3. The third-order valence-electron chi connectivity index (χ3n) is 5.15. The fourth-order valence-electron chi connectivity index (χ4n) is 3.32. The Kier molecular flexibility index (Phi) is 6.79. The first-order valence-electron chi connectivity index (χ1n) is 10.5. The van der Waals surface area contributed by atoms with Gasteiger partial charge in [-0.1, -0.05) is 24.8 Å². The second-order valence-electron chi connectivity index (χ2n) is 7.53. The fraction of sp³-hybridized carbons (Fsp3) is 0.154. The highest BCUT2D eigenvalue weighted by atomic mass is 32.2. The summed E-state index contributed by atoms with van der Waals surface area (Å²) in [6.07, 6.45) is 0.872. The molecule has 0 unspecified atom stereocenters. The lowest BCUT2D eigenvalue weighted by molar-refractivity contribution is -0.113. The predicted molar refractivity (Wildman–Crippen MR) is 130 cm³/mol. The lowest BCUT2D eigenvalue weighted by Gasteiger charge is -2.10. The molecule has 0 aliphatic rings. The van der Waals surface area contributed by atoms with Crippen LogP contribution < -0.4 is 5.32 Å². The Hall–Kier alpha value is -3.58. The van der Waals surface area contributed by atoms with E-state index < -0.39 is 0 Å². The Morgan fingerprint density at radius 2 is 1.70 bits per heavy atom. The van der Waals surface area contributed by atoms with Crippen LogP contribution in [0.4, 0.5) is 10.1 Å². The van der Waals surface area contributed by atoms with E-state index in [9.17, 15) is 14.0 Å². The monoisotopic (exact) mass is 459 g/mol. The number of carbonyl (C=O) groups excluding carboxylic acids is 2. The van der Waals surface area contributed by atoms with E-state index >= 15 is 0 Å². The van der Waals surface area contributed by atoms with E-state index in [2.05, 4.69) is 17.2 Å². The summed E-state index contributed by atoms with van der Waals surface area (Å²) in [5.74, 6) is 0.101. The molecule has 0 saturated carbocycles. The Bertz CT molecular complexity index is 1320. The van der Waals surface area contributed by atoms with Gasteiger partial charge in [-0.2, -0.15) is 0 Å². The van der Waals surface area contributed by atoms with Crippen LogP contribution in [0.5, 0.6) is 0 Å². The van der Waals surface area contributed by atoms with Gasteiger partial charge in [0.2, 0.25) is 5.91 Å². The van der Waals surface area contributed by atoms with Crippen LogP contribution in [-0.2, 0) is 11.2 Å². The van der Waals surface area contributed by atoms with Gasteiger partial charge in [0, 0.05) is 22.2 Å². The summed E-state index contributed by atoms with van der Waals surface area (Å²) in [6.45, 7) is 3.58. The average molecular weight is 460 g/mol. The second kappa shape index (κ2) is 9.92. The summed E-state index contributed by atoms with van der Waals surface area (Å²) in [7, 11) is 0. The highest BCUT2D eigenvalue weighted by Gasteiger charge is 2.13. The van der Waals surface area contributed by atoms with Crippen molar-refractivity contribution in [2.24, 2.45) is 0 Å². The first-order valence-corrected chi connectivity index (χ1v) is 11.5. The number of hydrogen-bond donors (Lipinski definition) is 1. The highest BCUT2D eigenvalue weighted by Crippen LogP contribution is 2.29. The van der Waals surface area contributed by atoms with Crippen molar-refractivity contribution < 1.29 is 14.0 Å². The molecule has 1 amide bonds. The number of halogens is 1. The minimum atomic E-state index is -0.324. The third kappa shape index (κ3) is 5.43. The number of carbonyl (C=O) groups is 2. The van der Waals surface area contributed by atoms with Crippen molar-refractivity contribution in [3.8, 4) is 11.4 Å². The number of amides is 1. The van der Waals surface area contributed by atoms with Crippen LogP contribution in [0.15, 0.2) is 71.8 Å². The van der Waals surface area contributed by atoms with E-state index in [1.807, 2.05) is 18.2 Å². The molecule has 4 aromatic rings. The van der Waals surface area contributed by atoms with E-state index in [4.69, 9.17) is 4.98 Å². The highest BCUT2D eigenvalue weighted by molar-refractivity contribution is 8.00. The molecule has 4 rings (SSSR count). The Labute approximate surface area is 195 Å². The quantitative estimate of drug-likeness (QED) is 0.211. The van der Waals surface area contributed by atoms with Gasteiger partial charge in [-0.15, -0.1) is 0 Å². The molecule has 1 heterocycles. The van der Waals surface area contributed by atoms with Gasteiger partial charge < -0.3 is 5.32 Å². The molecule has 1 aromatic heterocycles. The lowest BCUT2D eigenvalue weighted by atomic mass is 10.1. The van der Waals surface area contributed by atoms with Crippen molar-refractivity contribution in [2.75, 3.05) is 11.1 Å². The van der Waals surface area contributed by atoms with E-state index in [1.54, 1.807) is 36.4 Å². The smallest absolute Gasteiger partial charge is 0.234 e. The van der Waals surface area contributed by atoms with Crippen molar-refractivity contribution in [1.82, 2.24) is 9.97 Å². The number of thioether (sulfide) groups is 1.